The number of aliphatic imine (C=N–C) groups is 1. The molecule has 22 heavy (non-hydrogen) atoms. The molecule has 6 nitrogen and oxygen atoms in total. The maximum Gasteiger partial charge on any atom is 0.191 e. The van der Waals surface area contributed by atoms with Crippen LogP contribution in [0.3, 0.4) is 0 Å². The molecule has 1 rings (SSSR count). The highest BCUT2D eigenvalue weighted by molar-refractivity contribution is 14.0. The van der Waals surface area contributed by atoms with E-state index in [0.29, 0.717) is 5.92 Å². The van der Waals surface area contributed by atoms with Crippen LogP contribution in [-0.2, 0) is 11.3 Å². The second-order valence-electron chi connectivity index (χ2n) is 5.53. The number of hydrogen-bond acceptors (Lipinski definition) is 3. The van der Waals surface area contributed by atoms with Crippen LogP contribution in [0, 0.1) is 12.8 Å². The van der Waals surface area contributed by atoms with Crippen molar-refractivity contribution in [2.24, 2.45) is 10.9 Å². The first-order valence-corrected chi connectivity index (χ1v) is 7.63. The Labute approximate surface area is 151 Å². The summed E-state index contributed by atoms with van der Waals surface area (Å²) in [5.41, 5.74) is 1.18. The minimum atomic E-state index is 0. The third-order valence-electron chi connectivity index (χ3n) is 2.83. The number of ether oxygens (including phenoxy) is 1. The molecule has 0 amide bonds. The van der Waals surface area contributed by atoms with Gasteiger partial charge in [-0.15, -0.1) is 24.0 Å². The molecule has 1 heterocycles. The van der Waals surface area contributed by atoms with E-state index in [1.807, 2.05) is 24.0 Å². The molecule has 0 saturated carbocycles. The fourth-order valence-electron chi connectivity index (χ4n) is 1.80. The van der Waals surface area contributed by atoms with E-state index in [-0.39, 0.29) is 24.0 Å². The number of halogens is 1. The average Bonchev–Trinajstić information content (AvgIpc) is 2.86. The molecule has 0 bridgehead atoms. The molecule has 0 aliphatic rings. The van der Waals surface area contributed by atoms with Crippen molar-refractivity contribution in [2.75, 3.05) is 33.4 Å². The van der Waals surface area contributed by atoms with Crippen molar-refractivity contribution in [1.82, 2.24) is 20.4 Å². The van der Waals surface area contributed by atoms with Gasteiger partial charge >= 0.3 is 0 Å². The molecule has 1 aromatic rings. The molecular weight excluding hydrogens is 393 g/mol. The molecule has 0 spiro atoms. The monoisotopic (exact) mass is 423 g/mol. The number of hydrogen-bond donors (Lipinski definition) is 2. The standard InChI is InChI=1S/C15H29N5O.HI/c1-13(2)12-21-9-5-6-17-15(16-4)18-7-8-20-11-14(3)10-19-20;/h10-11,13H,5-9,12H2,1-4H3,(H2,16,17,18);1H. The molecule has 128 valence electrons. The van der Waals surface area contributed by atoms with Crippen molar-refractivity contribution < 1.29 is 4.74 Å². The zero-order valence-corrected chi connectivity index (χ0v) is 16.5. The number of nitrogens with one attached hydrogen (secondary N) is 2. The summed E-state index contributed by atoms with van der Waals surface area (Å²) >= 11 is 0. The Bertz CT molecular complexity index is 420. The Morgan fingerprint density at radius 1 is 1.36 bits per heavy atom. The smallest absolute Gasteiger partial charge is 0.191 e. The fraction of sp³-hybridized carbons (Fsp3) is 0.733. The van der Waals surface area contributed by atoms with Crippen molar-refractivity contribution in [2.45, 2.75) is 33.7 Å². The molecule has 2 N–H and O–H groups in total. The number of rotatable bonds is 9. The van der Waals surface area contributed by atoms with Gasteiger partial charge in [-0.1, -0.05) is 13.8 Å². The number of aryl methyl sites for hydroxylation is 1. The Balaban J connectivity index is 0.00000441. The molecule has 0 aliphatic heterocycles. The lowest BCUT2D eigenvalue weighted by Crippen LogP contribution is -2.39. The third-order valence-corrected chi connectivity index (χ3v) is 2.83. The van der Waals surface area contributed by atoms with Gasteiger partial charge in [-0.05, 0) is 24.8 Å². The van der Waals surface area contributed by atoms with E-state index in [9.17, 15) is 0 Å². The maximum atomic E-state index is 5.54. The van der Waals surface area contributed by atoms with Gasteiger partial charge in [-0.25, -0.2) is 0 Å². The normalized spacial score (nSPS) is 11.4. The van der Waals surface area contributed by atoms with E-state index in [1.54, 1.807) is 7.05 Å². The quantitative estimate of drug-likeness (QED) is 0.276. The van der Waals surface area contributed by atoms with Crippen molar-refractivity contribution in [1.29, 1.82) is 0 Å². The van der Waals surface area contributed by atoms with Gasteiger partial charge in [0.2, 0.25) is 0 Å². The lowest BCUT2D eigenvalue weighted by atomic mass is 10.2. The van der Waals surface area contributed by atoms with Crippen LogP contribution < -0.4 is 10.6 Å². The summed E-state index contributed by atoms with van der Waals surface area (Å²) in [4.78, 5) is 4.19. The van der Waals surface area contributed by atoms with Crippen LogP contribution in [0.2, 0.25) is 0 Å². The van der Waals surface area contributed by atoms with Gasteiger partial charge in [0, 0.05) is 39.5 Å². The van der Waals surface area contributed by atoms with Crippen LogP contribution in [0.15, 0.2) is 17.4 Å². The molecule has 0 saturated heterocycles. The highest BCUT2D eigenvalue weighted by Gasteiger charge is 1.99. The van der Waals surface area contributed by atoms with Gasteiger partial charge in [-0.2, -0.15) is 5.10 Å². The van der Waals surface area contributed by atoms with Gasteiger partial charge < -0.3 is 15.4 Å². The van der Waals surface area contributed by atoms with Crippen molar-refractivity contribution in [3.8, 4) is 0 Å². The van der Waals surface area contributed by atoms with Crippen molar-refractivity contribution in [3.63, 3.8) is 0 Å². The van der Waals surface area contributed by atoms with E-state index in [4.69, 9.17) is 4.74 Å². The van der Waals surface area contributed by atoms with Gasteiger partial charge in [0.1, 0.15) is 0 Å². The molecule has 1 aromatic heterocycles. The topological polar surface area (TPSA) is 63.5 Å². The van der Waals surface area contributed by atoms with Gasteiger partial charge in [0.15, 0.2) is 5.96 Å². The molecule has 0 aromatic carbocycles. The zero-order valence-electron chi connectivity index (χ0n) is 14.1. The second-order valence-corrected chi connectivity index (χ2v) is 5.53. The molecule has 0 aliphatic carbocycles. The SMILES string of the molecule is CN=C(NCCCOCC(C)C)NCCn1cc(C)cn1.I. The van der Waals surface area contributed by atoms with E-state index in [2.05, 4.69) is 34.6 Å². The Hall–Kier alpha value is -0.830. The van der Waals surface area contributed by atoms with Crippen molar-refractivity contribution in [3.05, 3.63) is 18.0 Å². The Morgan fingerprint density at radius 3 is 2.68 bits per heavy atom. The van der Waals surface area contributed by atoms with E-state index >= 15 is 0 Å². The number of guanidine groups is 1. The van der Waals surface area contributed by atoms with Gasteiger partial charge in [-0.3, -0.25) is 9.67 Å². The summed E-state index contributed by atoms with van der Waals surface area (Å²) in [6, 6.07) is 0. The van der Waals surface area contributed by atoms with Crippen LogP contribution in [0.4, 0.5) is 0 Å². The predicted molar refractivity (Wildman–Crippen MR) is 102 cm³/mol. The van der Waals surface area contributed by atoms with Crippen LogP contribution >= 0.6 is 24.0 Å². The summed E-state index contributed by atoms with van der Waals surface area (Å²) in [5.74, 6) is 1.42. The summed E-state index contributed by atoms with van der Waals surface area (Å²) in [6.45, 7) is 10.5. The first-order valence-electron chi connectivity index (χ1n) is 7.63. The molecule has 7 heteroatoms. The summed E-state index contributed by atoms with van der Waals surface area (Å²) in [7, 11) is 1.78. The average molecular weight is 423 g/mol. The van der Waals surface area contributed by atoms with E-state index in [0.717, 1.165) is 45.2 Å². The predicted octanol–water partition coefficient (Wildman–Crippen LogP) is 2.04. The lowest BCUT2D eigenvalue weighted by molar-refractivity contribution is 0.108. The summed E-state index contributed by atoms with van der Waals surface area (Å²) in [6.07, 6.45) is 4.87. The first kappa shape index (κ1) is 21.2. The third kappa shape index (κ3) is 9.99. The van der Waals surface area contributed by atoms with Crippen LogP contribution in [0.25, 0.3) is 0 Å². The second kappa shape index (κ2) is 12.7. The van der Waals surface area contributed by atoms with Crippen LogP contribution in [0.5, 0.6) is 0 Å². The van der Waals surface area contributed by atoms with Crippen LogP contribution in [-0.4, -0.2) is 49.1 Å². The fourth-order valence-corrected chi connectivity index (χ4v) is 1.80. The van der Waals surface area contributed by atoms with E-state index in [1.165, 1.54) is 5.56 Å². The Kier molecular flexibility index (Phi) is 12.2. The highest BCUT2D eigenvalue weighted by Crippen LogP contribution is 1.93. The largest absolute Gasteiger partial charge is 0.381 e. The molecule has 0 unspecified atom stereocenters. The minimum Gasteiger partial charge on any atom is -0.381 e. The highest BCUT2D eigenvalue weighted by atomic mass is 127. The summed E-state index contributed by atoms with van der Waals surface area (Å²) in [5, 5.41) is 10.8. The zero-order chi connectivity index (χ0) is 15.5. The molecule has 0 atom stereocenters. The first-order chi connectivity index (χ1) is 10.1. The van der Waals surface area contributed by atoms with Crippen LogP contribution in [0.1, 0.15) is 25.8 Å². The molecule has 0 fully saturated rings. The van der Waals surface area contributed by atoms with Crippen molar-refractivity contribution >= 4 is 29.9 Å². The summed E-state index contributed by atoms with van der Waals surface area (Å²) < 4.78 is 7.47. The maximum absolute atomic E-state index is 5.54. The van der Waals surface area contributed by atoms with E-state index < -0.39 is 0 Å². The minimum absolute atomic E-state index is 0. The number of aromatic nitrogens is 2. The Morgan fingerprint density at radius 2 is 2.09 bits per heavy atom. The number of nitrogens with zero attached hydrogens (tertiary/aromatic N) is 3. The van der Waals surface area contributed by atoms with Gasteiger partial charge in [0.05, 0.1) is 12.7 Å². The molecular formula is C15H30IN5O. The molecule has 0 radical (unpaired) electrons. The lowest BCUT2D eigenvalue weighted by Gasteiger charge is -2.12. The van der Waals surface area contributed by atoms with Gasteiger partial charge in [0.25, 0.3) is 0 Å².